The minimum atomic E-state index is -0.337. The second kappa shape index (κ2) is 5.35. The Bertz CT molecular complexity index is 483. The third kappa shape index (κ3) is 2.31. The van der Waals surface area contributed by atoms with Gasteiger partial charge in [0.15, 0.2) is 0 Å². The smallest absolute Gasteiger partial charge is 0.260 e. The molecule has 1 fully saturated rings. The summed E-state index contributed by atoms with van der Waals surface area (Å²) in [6.45, 7) is 2.46. The van der Waals surface area contributed by atoms with Crippen molar-refractivity contribution in [2.24, 2.45) is 5.73 Å². The molecule has 2 rings (SSSR count). The van der Waals surface area contributed by atoms with Gasteiger partial charge in [0.25, 0.3) is 11.5 Å². The van der Waals surface area contributed by atoms with E-state index in [1.165, 1.54) is 6.20 Å². The Morgan fingerprint density at radius 2 is 2.33 bits per heavy atom. The van der Waals surface area contributed by atoms with Crippen molar-refractivity contribution >= 4 is 5.91 Å². The van der Waals surface area contributed by atoms with Gasteiger partial charge in [-0.25, -0.2) is 0 Å². The van der Waals surface area contributed by atoms with Gasteiger partial charge < -0.3 is 15.6 Å². The summed E-state index contributed by atoms with van der Waals surface area (Å²) in [5, 5.41) is 0. The lowest BCUT2D eigenvalue weighted by molar-refractivity contribution is 0.0492. The second-order valence-corrected chi connectivity index (χ2v) is 4.79. The first-order valence-corrected chi connectivity index (χ1v) is 6.35. The Kier molecular flexibility index (Phi) is 3.81. The monoisotopic (exact) mass is 249 g/mol. The van der Waals surface area contributed by atoms with Gasteiger partial charge in [-0.15, -0.1) is 0 Å². The standard InChI is InChI=1S/C13H19N3O2/c1-9-4-2-5-10(8-14)16(9)13(18)11-6-3-7-15-12(11)17/h3,6-7,9-10H,2,4-5,8,14H2,1H3,(H,15,17). The van der Waals surface area contributed by atoms with E-state index in [1.807, 2.05) is 6.92 Å². The molecule has 2 heterocycles. The number of H-pyrrole nitrogens is 1. The average molecular weight is 249 g/mol. The summed E-state index contributed by atoms with van der Waals surface area (Å²) in [5.41, 5.74) is 5.59. The summed E-state index contributed by atoms with van der Waals surface area (Å²) in [5.74, 6) is -0.209. The Labute approximate surface area is 106 Å². The minimum absolute atomic E-state index is 0.0425. The molecule has 98 valence electrons. The van der Waals surface area contributed by atoms with Crippen LogP contribution in [0.15, 0.2) is 23.1 Å². The first-order chi connectivity index (χ1) is 8.65. The zero-order valence-corrected chi connectivity index (χ0v) is 10.6. The Balaban J connectivity index is 2.31. The molecule has 1 aromatic heterocycles. The molecule has 1 aliphatic rings. The maximum Gasteiger partial charge on any atom is 0.260 e. The Hall–Kier alpha value is -1.62. The normalized spacial score (nSPS) is 24.0. The number of piperidine rings is 1. The van der Waals surface area contributed by atoms with E-state index >= 15 is 0 Å². The van der Waals surface area contributed by atoms with Crippen LogP contribution in [0.1, 0.15) is 36.5 Å². The maximum absolute atomic E-state index is 12.5. The molecule has 1 aromatic rings. The summed E-state index contributed by atoms with van der Waals surface area (Å²) >= 11 is 0. The van der Waals surface area contributed by atoms with Gasteiger partial charge in [0.1, 0.15) is 5.56 Å². The summed E-state index contributed by atoms with van der Waals surface area (Å²) < 4.78 is 0. The van der Waals surface area contributed by atoms with Crippen LogP contribution in [0.2, 0.25) is 0 Å². The van der Waals surface area contributed by atoms with Crippen molar-refractivity contribution < 1.29 is 4.79 Å². The van der Waals surface area contributed by atoms with Crippen LogP contribution in [0.25, 0.3) is 0 Å². The molecule has 0 saturated carbocycles. The number of rotatable bonds is 2. The van der Waals surface area contributed by atoms with E-state index in [4.69, 9.17) is 5.73 Å². The number of carbonyl (C=O) groups is 1. The van der Waals surface area contributed by atoms with Crippen molar-refractivity contribution in [3.05, 3.63) is 34.2 Å². The van der Waals surface area contributed by atoms with Gasteiger partial charge in [0.05, 0.1) is 0 Å². The topological polar surface area (TPSA) is 79.2 Å². The predicted molar refractivity (Wildman–Crippen MR) is 69.4 cm³/mol. The highest BCUT2D eigenvalue weighted by atomic mass is 16.2. The first kappa shape index (κ1) is 12.8. The van der Waals surface area contributed by atoms with Gasteiger partial charge in [0.2, 0.25) is 0 Å². The molecule has 18 heavy (non-hydrogen) atoms. The average Bonchev–Trinajstić information content (AvgIpc) is 2.38. The molecule has 3 N–H and O–H groups in total. The van der Waals surface area contributed by atoms with Crippen LogP contribution >= 0.6 is 0 Å². The van der Waals surface area contributed by atoms with E-state index in [-0.39, 0.29) is 29.1 Å². The zero-order chi connectivity index (χ0) is 13.1. The van der Waals surface area contributed by atoms with Gasteiger partial charge in [0, 0.05) is 24.8 Å². The fourth-order valence-electron chi connectivity index (χ4n) is 2.61. The molecule has 0 spiro atoms. The van der Waals surface area contributed by atoms with Gasteiger partial charge in [-0.3, -0.25) is 9.59 Å². The summed E-state index contributed by atoms with van der Waals surface area (Å²) in [7, 11) is 0. The number of likely N-dealkylation sites (tertiary alicyclic amines) is 1. The first-order valence-electron chi connectivity index (χ1n) is 6.35. The lowest BCUT2D eigenvalue weighted by atomic mass is 9.95. The number of nitrogens with zero attached hydrogens (tertiary/aromatic N) is 1. The van der Waals surface area contributed by atoms with E-state index < -0.39 is 0 Å². The Morgan fingerprint density at radius 1 is 1.56 bits per heavy atom. The molecule has 0 bridgehead atoms. The number of nitrogens with two attached hydrogens (primary N) is 1. The highest BCUT2D eigenvalue weighted by Gasteiger charge is 2.32. The van der Waals surface area contributed by atoms with Crippen LogP contribution in [0, 0.1) is 0 Å². The number of nitrogens with one attached hydrogen (secondary N) is 1. The van der Waals surface area contributed by atoms with Crippen molar-refractivity contribution in [3.8, 4) is 0 Å². The van der Waals surface area contributed by atoms with E-state index in [0.29, 0.717) is 6.54 Å². The van der Waals surface area contributed by atoms with Crippen LogP contribution in [0.5, 0.6) is 0 Å². The van der Waals surface area contributed by atoms with Crippen LogP contribution in [0.3, 0.4) is 0 Å². The van der Waals surface area contributed by atoms with E-state index in [1.54, 1.807) is 17.0 Å². The van der Waals surface area contributed by atoms with Gasteiger partial charge >= 0.3 is 0 Å². The van der Waals surface area contributed by atoms with Crippen molar-refractivity contribution in [3.63, 3.8) is 0 Å². The highest BCUT2D eigenvalue weighted by molar-refractivity contribution is 5.94. The fourth-order valence-corrected chi connectivity index (χ4v) is 2.61. The second-order valence-electron chi connectivity index (χ2n) is 4.79. The third-order valence-electron chi connectivity index (χ3n) is 3.58. The summed E-state index contributed by atoms with van der Waals surface area (Å²) in [6.07, 6.45) is 4.49. The maximum atomic E-state index is 12.5. The quantitative estimate of drug-likeness (QED) is 0.810. The Morgan fingerprint density at radius 3 is 3.00 bits per heavy atom. The molecule has 0 aromatic carbocycles. The van der Waals surface area contributed by atoms with E-state index in [0.717, 1.165) is 19.3 Å². The van der Waals surface area contributed by atoms with Crippen LogP contribution < -0.4 is 11.3 Å². The molecule has 2 atom stereocenters. The van der Waals surface area contributed by atoms with Crippen LogP contribution in [-0.4, -0.2) is 34.4 Å². The zero-order valence-electron chi connectivity index (χ0n) is 10.6. The number of aromatic amines is 1. The largest absolute Gasteiger partial charge is 0.332 e. The van der Waals surface area contributed by atoms with E-state index in [9.17, 15) is 9.59 Å². The highest BCUT2D eigenvalue weighted by Crippen LogP contribution is 2.23. The lowest BCUT2D eigenvalue weighted by Crippen LogP contribution is -2.52. The number of carbonyl (C=O) groups excluding carboxylic acids is 1. The SMILES string of the molecule is CC1CCCC(CN)N1C(=O)c1ccc[nH]c1=O. The lowest BCUT2D eigenvalue weighted by Gasteiger charge is -2.40. The molecule has 1 saturated heterocycles. The number of hydrogen-bond acceptors (Lipinski definition) is 3. The molecular formula is C13H19N3O2. The van der Waals surface area contributed by atoms with Crippen LogP contribution in [-0.2, 0) is 0 Å². The van der Waals surface area contributed by atoms with Gasteiger partial charge in [-0.2, -0.15) is 0 Å². The molecule has 1 amide bonds. The molecular weight excluding hydrogens is 230 g/mol. The molecule has 0 aliphatic carbocycles. The number of hydrogen-bond donors (Lipinski definition) is 2. The molecule has 5 heteroatoms. The summed E-state index contributed by atoms with van der Waals surface area (Å²) in [4.78, 5) is 28.4. The fraction of sp³-hybridized carbons (Fsp3) is 0.538. The van der Waals surface area contributed by atoms with Gasteiger partial charge in [-0.05, 0) is 38.3 Å². The third-order valence-corrected chi connectivity index (χ3v) is 3.58. The van der Waals surface area contributed by atoms with Crippen molar-refractivity contribution in [2.75, 3.05) is 6.54 Å². The van der Waals surface area contributed by atoms with Crippen LogP contribution in [0.4, 0.5) is 0 Å². The predicted octanol–water partition coefficient (Wildman–Crippen LogP) is 0.717. The van der Waals surface area contributed by atoms with E-state index in [2.05, 4.69) is 4.98 Å². The molecule has 1 aliphatic heterocycles. The van der Waals surface area contributed by atoms with Crippen molar-refractivity contribution in [1.82, 2.24) is 9.88 Å². The molecule has 2 unspecified atom stereocenters. The van der Waals surface area contributed by atoms with Crippen molar-refractivity contribution in [1.29, 1.82) is 0 Å². The number of aromatic nitrogens is 1. The van der Waals surface area contributed by atoms with Crippen molar-refractivity contribution in [2.45, 2.75) is 38.3 Å². The molecule has 0 radical (unpaired) electrons. The van der Waals surface area contributed by atoms with Gasteiger partial charge in [-0.1, -0.05) is 0 Å². The summed E-state index contributed by atoms with van der Waals surface area (Å²) in [6, 6.07) is 3.41. The minimum Gasteiger partial charge on any atom is -0.332 e. The number of pyridine rings is 1. The number of amides is 1. The molecule has 5 nitrogen and oxygen atoms in total.